The first kappa shape index (κ1) is 13.5. The summed E-state index contributed by atoms with van der Waals surface area (Å²) < 4.78 is 15.4. The van der Waals surface area contributed by atoms with E-state index >= 15 is 0 Å². The van der Waals surface area contributed by atoms with Gasteiger partial charge >= 0.3 is 0 Å². The number of rotatable bonds is 3. The van der Waals surface area contributed by atoms with Crippen molar-refractivity contribution in [1.29, 1.82) is 0 Å². The van der Waals surface area contributed by atoms with E-state index in [2.05, 4.69) is 15.3 Å². The molecule has 4 nitrogen and oxygen atoms in total. The highest BCUT2D eigenvalue weighted by atomic mass is 19.1. The lowest BCUT2D eigenvalue weighted by molar-refractivity contribution is 0.628. The molecule has 112 valence electrons. The Balaban J connectivity index is 1.89. The Labute approximate surface area is 132 Å². The van der Waals surface area contributed by atoms with E-state index in [1.54, 1.807) is 18.5 Å². The summed E-state index contributed by atoms with van der Waals surface area (Å²) in [5.74, 6) is 0.492. The molecule has 0 bridgehead atoms. The van der Waals surface area contributed by atoms with Crippen LogP contribution in [-0.2, 0) is 0 Å². The summed E-state index contributed by atoms with van der Waals surface area (Å²) in [6, 6.07) is 16.2. The summed E-state index contributed by atoms with van der Waals surface area (Å²) >= 11 is 0. The Morgan fingerprint density at radius 3 is 2.70 bits per heavy atom. The van der Waals surface area contributed by atoms with Crippen LogP contribution < -0.4 is 5.32 Å². The highest BCUT2D eigenvalue weighted by Gasteiger charge is 2.14. The number of aromatic nitrogens is 3. The summed E-state index contributed by atoms with van der Waals surface area (Å²) in [5.41, 5.74) is 3.17. The number of hydrogen-bond donors (Lipinski definition) is 1. The van der Waals surface area contributed by atoms with Crippen molar-refractivity contribution >= 4 is 17.2 Å². The van der Waals surface area contributed by atoms with Gasteiger partial charge < -0.3 is 5.32 Å². The van der Waals surface area contributed by atoms with Crippen molar-refractivity contribution < 1.29 is 4.39 Å². The maximum atomic E-state index is 13.5. The van der Waals surface area contributed by atoms with Gasteiger partial charge in [0, 0.05) is 23.6 Å². The van der Waals surface area contributed by atoms with E-state index < -0.39 is 0 Å². The highest BCUT2D eigenvalue weighted by molar-refractivity contribution is 5.79. The molecule has 0 fully saturated rings. The van der Waals surface area contributed by atoms with Crippen molar-refractivity contribution in [3.63, 3.8) is 0 Å². The molecule has 5 heteroatoms. The van der Waals surface area contributed by atoms with Crippen molar-refractivity contribution in [2.24, 2.45) is 0 Å². The molecular weight excluding hydrogens is 291 g/mol. The Kier molecular flexibility index (Phi) is 3.24. The third kappa shape index (κ3) is 2.53. The largest absolute Gasteiger partial charge is 0.339 e. The normalized spacial score (nSPS) is 10.8. The van der Waals surface area contributed by atoms with Crippen LogP contribution in [0.25, 0.3) is 16.9 Å². The molecule has 23 heavy (non-hydrogen) atoms. The summed E-state index contributed by atoms with van der Waals surface area (Å²) in [6.07, 6.45) is 5.22. The van der Waals surface area contributed by atoms with Gasteiger partial charge in [-0.15, -0.1) is 0 Å². The average molecular weight is 304 g/mol. The molecule has 0 atom stereocenters. The Hall–Kier alpha value is -3.21. The van der Waals surface area contributed by atoms with Crippen LogP contribution in [0.5, 0.6) is 0 Å². The number of hydrogen-bond acceptors (Lipinski definition) is 3. The lowest BCUT2D eigenvalue weighted by Crippen LogP contribution is -1.97. The van der Waals surface area contributed by atoms with E-state index in [4.69, 9.17) is 0 Å². The number of anilines is 2. The maximum Gasteiger partial charge on any atom is 0.157 e. The maximum absolute atomic E-state index is 13.5. The second-order valence-electron chi connectivity index (χ2n) is 5.11. The smallest absolute Gasteiger partial charge is 0.157 e. The quantitative estimate of drug-likeness (QED) is 0.614. The molecule has 2 aromatic heterocycles. The molecular formula is C18H13FN4. The van der Waals surface area contributed by atoms with Gasteiger partial charge in [0.1, 0.15) is 17.3 Å². The minimum Gasteiger partial charge on any atom is -0.339 e. The summed E-state index contributed by atoms with van der Waals surface area (Å²) in [4.78, 5) is 8.76. The van der Waals surface area contributed by atoms with Crippen LogP contribution in [0.4, 0.5) is 15.9 Å². The van der Waals surface area contributed by atoms with E-state index in [0.29, 0.717) is 5.69 Å². The Morgan fingerprint density at radius 1 is 1.00 bits per heavy atom. The first-order valence-corrected chi connectivity index (χ1v) is 7.21. The van der Waals surface area contributed by atoms with E-state index in [0.717, 1.165) is 22.7 Å². The molecule has 0 saturated heterocycles. The molecule has 0 aliphatic heterocycles. The van der Waals surface area contributed by atoms with Gasteiger partial charge in [0.25, 0.3) is 0 Å². The first-order valence-electron chi connectivity index (χ1n) is 7.21. The van der Waals surface area contributed by atoms with Crippen molar-refractivity contribution in [2.45, 2.75) is 0 Å². The van der Waals surface area contributed by atoms with Crippen LogP contribution in [0, 0.1) is 5.82 Å². The molecule has 2 heterocycles. The van der Waals surface area contributed by atoms with Crippen LogP contribution in [0.15, 0.2) is 73.2 Å². The third-order valence-electron chi connectivity index (χ3n) is 3.56. The molecule has 0 aliphatic rings. The molecule has 4 rings (SSSR count). The van der Waals surface area contributed by atoms with Crippen LogP contribution in [0.1, 0.15) is 0 Å². The molecule has 0 amide bonds. The second kappa shape index (κ2) is 5.53. The van der Waals surface area contributed by atoms with Crippen molar-refractivity contribution in [1.82, 2.24) is 14.4 Å². The molecule has 0 saturated carbocycles. The van der Waals surface area contributed by atoms with Gasteiger partial charge in [0.15, 0.2) is 5.65 Å². The van der Waals surface area contributed by atoms with E-state index in [-0.39, 0.29) is 5.82 Å². The van der Waals surface area contributed by atoms with Gasteiger partial charge in [-0.05, 0) is 18.2 Å². The third-order valence-corrected chi connectivity index (χ3v) is 3.56. The Bertz CT molecular complexity index is 963. The minimum atomic E-state index is -0.285. The van der Waals surface area contributed by atoms with Gasteiger partial charge in [-0.1, -0.05) is 36.4 Å². The van der Waals surface area contributed by atoms with Gasteiger partial charge in [-0.25, -0.2) is 9.37 Å². The number of imidazole rings is 1. The lowest BCUT2D eigenvalue weighted by atomic mass is 10.1. The number of nitrogens with one attached hydrogen (secondary N) is 1. The fraction of sp³-hybridized carbons (Fsp3) is 0. The fourth-order valence-electron chi connectivity index (χ4n) is 2.53. The Morgan fingerprint density at radius 2 is 1.87 bits per heavy atom. The summed E-state index contributed by atoms with van der Waals surface area (Å²) in [6.45, 7) is 0. The molecule has 0 spiro atoms. The molecule has 0 radical (unpaired) electrons. The van der Waals surface area contributed by atoms with Crippen LogP contribution >= 0.6 is 0 Å². The zero-order valence-corrected chi connectivity index (χ0v) is 12.1. The van der Waals surface area contributed by atoms with Crippen LogP contribution in [0.3, 0.4) is 0 Å². The monoisotopic (exact) mass is 304 g/mol. The van der Waals surface area contributed by atoms with E-state index in [1.807, 2.05) is 47.0 Å². The molecule has 0 aliphatic carbocycles. The van der Waals surface area contributed by atoms with Crippen LogP contribution in [0.2, 0.25) is 0 Å². The molecule has 4 aromatic rings. The van der Waals surface area contributed by atoms with Gasteiger partial charge in [-0.3, -0.25) is 9.38 Å². The summed E-state index contributed by atoms with van der Waals surface area (Å²) in [5, 5.41) is 3.27. The summed E-state index contributed by atoms with van der Waals surface area (Å²) in [7, 11) is 0. The minimum absolute atomic E-state index is 0.285. The first-order chi connectivity index (χ1) is 11.3. The highest BCUT2D eigenvalue weighted by Crippen LogP contribution is 2.30. The van der Waals surface area contributed by atoms with Crippen LogP contribution in [-0.4, -0.2) is 14.4 Å². The van der Waals surface area contributed by atoms with Crippen molar-refractivity contribution in [3.05, 3.63) is 79.0 Å². The predicted molar refractivity (Wildman–Crippen MR) is 88.1 cm³/mol. The van der Waals surface area contributed by atoms with Crippen molar-refractivity contribution in [3.8, 4) is 11.3 Å². The average Bonchev–Trinajstić information content (AvgIpc) is 2.95. The zero-order chi connectivity index (χ0) is 15.6. The lowest BCUT2D eigenvalue weighted by Gasteiger charge is -2.09. The SMILES string of the molecule is Fc1cccc(Nc2c(-c3ccccc3)nc3cnccn23)c1. The molecule has 2 aromatic carbocycles. The number of benzene rings is 2. The van der Waals surface area contributed by atoms with Gasteiger partial charge in [0.2, 0.25) is 0 Å². The van der Waals surface area contributed by atoms with E-state index in [9.17, 15) is 4.39 Å². The van der Waals surface area contributed by atoms with E-state index in [1.165, 1.54) is 12.1 Å². The molecule has 0 unspecified atom stereocenters. The second-order valence-corrected chi connectivity index (χ2v) is 5.11. The van der Waals surface area contributed by atoms with Crippen molar-refractivity contribution in [2.75, 3.05) is 5.32 Å². The molecule has 1 N–H and O–H groups in total. The zero-order valence-electron chi connectivity index (χ0n) is 12.1. The number of nitrogens with zero attached hydrogens (tertiary/aromatic N) is 3. The van der Waals surface area contributed by atoms with Gasteiger partial charge in [-0.2, -0.15) is 0 Å². The predicted octanol–water partition coefficient (Wildman–Crippen LogP) is 4.28. The number of fused-ring (bicyclic) bond motifs is 1. The standard InChI is InChI=1S/C18H13FN4/c19-14-7-4-8-15(11-14)21-18-17(13-5-2-1-3-6-13)22-16-12-20-9-10-23(16)18/h1-12,21H. The topological polar surface area (TPSA) is 42.2 Å². The number of halogens is 1. The fourth-order valence-corrected chi connectivity index (χ4v) is 2.53. The van der Waals surface area contributed by atoms with Gasteiger partial charge in [0.05, 0.1) is 6.20 Å².